The van der Waals surface area contributed by atoms with E-state index in [1.54, 1.807) is 4.57 Å². The number of nitrogens with zero attached hydrogens (tertiary/aromatic N) is 2. The first-order chi connectivity index (χ1) is 12.0. The van der Waals surface area contributed by atoms with Gasteiger partial charge in [-0.1, -0.05) is 44.4 Å². The van der Waals surface area contributed by atoms with Gasteiger partial charge in [0.15, 0.2) is 5.16 Å². The highest BCUT2D eigenvalue weighted by atomic mass is 32.2. The summed E-state index contributed by atoms with van der Waals surface area (Å²) in [7, 11) is 0. The van der Waals surface area contributed by atoms with Gasteiger partial charge in [-0.15, -0.1) is 0 Å². The van der Waals surface area contributed by atoms with Crippen LogP contribution in [-0.2, 0) is 4.79 Å². The fraction of sp³-hybridized carbons (Fsp3) is 0.722. The molecule has 2 fully saturated rings. The molecule has 0 bridgehead atoms. The Bertz CT molecular complexity index is 670. The number of hydrogen-bond donors (Lipinski definition) is 2. The predicted octanol–water partition coefficient (Wildman–Crippen LogP) is 2.85. The second kappa shape index (κ2) is 8.25. The number of nitrogens with one attached hydrogen (secondary N) is 1. The largest absolute Gasteiger partial charge is 0.493 e. The van der Waals surface area contributed by atoms with Crippen LogP contribution in [-0.4, -0.2) is 32.4 Å². The number of carbonyl (C=O) groups excluding carboxylic acids is 1. The van der Waals surface area contributed by atoms with Crippen LogP contribution in [0.25, 0.3) is 0 Å². The lowest BCUT2D eigenvalue weighted by atomic mass is 9.86. The van der Waals surface area contributed by atoms with Crippen molar-refractivity contribution in [3.05, 3.63) is 16.4 Å². The quantitative estimate of drug-likeness (QED) is 0.619. The summed E-state index contributed by atoms with van der Waals surface area (Å²) in [6.45, 7) is 2.19. The minimum atomic E-state index is -0.275. The van der Waals surface area contributed by atoms with Gasteiger partial charge in [-0.05, 0) is 31.6 Å². The average molecular weight is 365 g/mol. The maximum absolute atomic E-state index is 12.3. The molecule has 2 saturated carbocycles. The topological polar surface area (TPSA) is 84.2 Å². The second-order valence-electron chi connectivity index (χ2n) is 7.27. The van der Waals surface area contributed by atoms with Crippen LogP contribution in [0.1, 0.15) is 64.3 Å². The van der Waals surface area contributed by atoms with E-state index in [0.717, 1.165) is 51.0 Å². The maximum atomic E-state index is 12.3. The van der Waals surface area contributed by atoms with E-state index < -0.39 is 0 Å². The van der Waals surface area contributed by atoms with Crippen molar-refractivity contribution in [2.75, 3.05) is 5.75 Å². The third-order valence-electron chi connectivity index (χ3n) is 5.39. The van der Waals surface area contributed by atoms with Gasteiger partial charge in [-0.3, -0.25) is 14.2 Å². The van der Waals surface area contributed by atoms with Gasteiger partial charge < -0.3 is 10.4 Å². The summed E-state index contributed by atoms with van der Waals surface area (Å²) >= 11 is 1.24. The number of carbonyl (C=O) groups is 1. The van der Waals surface area contributed by atoms with Crippen molar-refractivity contribution in [1.82, 2.24) is 14.9 Å². The summed E-state index contributed by atoms with van der Waals surface area (Å²) < 4.78 is 1.66. The molecule has 0 aliphatic heterocycles. The van der Waals surface area contributed by atoms with E-state index in [9.17, 15) is 14.7 Å². The molecule has 138 valence electrons. The van der Waals surface area contributed by atoms with Gasteiger partial charge in [0.1, 0.15) is 0 Å². The summed E-state index contributed by atoms with van der Waals surface area (Å²) in [6.07, 6.45) is 8.70. The van der Waals surface area contributed by atoms with E-state index in [4.69, 9.17) is 0 Å². The molecule has 2 N–H and O–H groups in total. The number of thioether (sulfide) groups is 1. The molecular weight excluding hydrogens is 338 g/mol. The standard InChI is InChI=1S/C18H27N3O3S/c1-12-6-2-5-9-14(12)19-16(23)11-25-18-20-15(22)10-17(24)21(18)13-7-3-4-8-13/h10,12-14,22H,2-9,11H2,1H3,(H,19,23)/t12-,14+/m1/s1. The van der Waals surface area contributed by atoms with E-state index in [1.807, 2.05) is 0 Å². The highest BCUT2D eigenvalue weighted by molar-refractivity contribution is 7.99. The Morgan fingerprint density at radius 2 is 1.96 bits per heavy atom. The van der Waals surface area contributed by atoms with Crippen LogP contribution >= 0.6 is 11.8 Å². The summed E-state index contributed by atoms with van der Waals surface area (Å²) in [5.41, 5.74) is -0.233. The third-order valence-corrected chi connectivity index (χ3v) is 6.34. The van der Waals surface area contributed by atoms with Gasteiger partial charge in [-0.2, -0.15) is 4.98 Å². The van der Waals surface area contributed by atoms with Crippen LogP contribution in [0.5, 0.6) is 5.88 Å². The lowest BCUT2D eigenvalue weighted by molar-refractivity contribution is -0.119. The maximum Gasteiger partial charge on any atom is 0.258 e. The van der Waals surface area contributed by atoms with Crippen LogP contribution in [0.2, 0.25) is 0 Å². The molecule has 1 heterocycles. The van der Waals surface area contributed by atoms with Crippen LogP contribution in [0, 0.1) is 5.92 Å². The molecule has 6 nitrogen and oxygen atoms in total. The highest BCUT2D eigenvalue weighted by Crippen LogP contribution is 2.32. The Balaban J connectivity index is 1.65. The van der Waals surface area contributed by atoms with E-state index in [2.05, 4.69) is 17.2 Å². The number of aromatic hydroxyl groups is 1. The molecule has 0 aromatic carbocycles. The summed E-state index contributed by atoms with van der Waals surface area (Å²) in [4.78, 5) is 28.7. The first-order valence-corrected chi connectivity index (χ1v) is 10.3. The van der Waals surface area contributed by atoms with Gasteiger partial charge in [0.05, 0.1) is 11.8 Å². The fourth-order valence-electron chi connectivity index (χ4n) is 3.97. The second-order valence-corrected chi connectivity index (χ2v) is 8.21. The molecule has 1 aromatic heterocycles. The monoisotopic (exact) mass is 365 g/mol. The lowest BCUT2D eigenvalue weighted by Gasteiger charge is -2.29. The highest BCUT2D eigenvalue weighted by Gasteiger charge is 2.25. The zero-order valence-corrected chi connectivity index (χ0v) is 15.6. The average Bonchev–Trinajstić information content (AvgIpc) is 3.08. The molecule has 0 spiro atoms. The van der Waals surface area contributed by atoms with Gasteiger partial charge in [-0.25, -0.2) is 0 Å². The van der Waals surface area contributed by atoms with Gasteiger partial charge in [0, 0.05) is 12.1 Å². The first-order valence-electron chi connectivity index (χ1n) is 9.29. The molecule has 1 aromatic rings. The van der Waals surface area contributed by atoms with E-state index in [1.165, 1.54) is 18.2 Å². The van der Waals surface area contributed by atoms with Crippen molar-refractivity contribution in [2.24, 2.45) is 5.92 Å². The van der Waals surface area contributed by atoms with E-state index >= 15 is 0 Å². The number of amides is 1. The van der Waals surface area contributed by atoms with Gasteiger partial charge >= 0.3 is 0 Å². The zero-order valence-electron chi connectivity index (χ0n) is 14.7. The minimum absolute atomic E-state index is 0.0284. The molecule has 2 atom stereocenters. The number of rotatable bonds is 5. The van der Waals surface area contributed by atoms with Crippen molar-refractivity contribution in [2.45, 2.75) is 75.5 Å². The Morgan fingerprint density at radius 1 is 1.28 bits per heavy atom. The smallest absolute Gasteiger partial charge is 0.258 e. The number of hydrogen-bond acceptors (Lipinski definition) is 5. The van der Waals surface area contributed by atoms with E-state index in [-0.39, 0.29) is 35.2 Å². The summed E-state index contributed by atoms with van der Waals surface area (Å²) in [5.74, 6) is 0.423. The molecule has 7 heteroatoms. The molecule has 2 aliphatic carbocycles. The third kappa shape index (κ3) is 4.57. The van der Waals surface area contributed by atoms with Crippen molar-refractivity contribution in [3.8, 4) is 5.88 Å². The molecule has 0 saturated heterocycles. The summed E-state index contributed by atoms with van der Waals surface area (Å²) in [6, 6.07) is 1.53. The molecular formula is C18H27N3O3S. The zero-order chi connectivity index (χ0) is 17.8. The predicted molar refractivity (Wildman–Crippen MR) is 98.0 cm³/mol. The van der Waals surface area contributed by atoms with Crippen LogP contribution < -0.4 is 10.9 Å². The Labute approximate surface area is 152 Å². The van der Waals surface area contributed by atoms with Gasteiger partial charge in [0.25, 0.3) is 5.56 Å². The van der Waals surface area contributed by atoms with Crippen molar-refractivity contribution >= 4 is 17.7 Å². The number of aromatic nitrogens is 2. The molecule has 25 heavy (non-hydrogen) atoms. The minimum Gasteiger partial charge on any atom is -0.493 e. The first kappa shape index (κ1) is 18.3. The summed E-state index contributed by atoms with van der Waals surface area (Å²) in [5, 5.41) is 13.3. The lowest BCUT2D eigenvalue weighted by Crippen LogP contribution is -2.42. The van der Waals surface area contributed by atoms with Gasteiger partial charge in [0.2, 0.25) is 11.8 Å². The molecule has 1 amide bonds. The molecule has 2 aliphatic rings. The van der Waals surface area contributed by atoms with Crippen molar-refractivity contribution in [3.63, 3.8) is 0 Å². The molecule has 0 unspecified atom stereocenters. The molecule has 3 rings (SSSR count). The Hall–Kier alpha value is -1.50. The van der Waals surface area contributed by atoms with Crippen LogP contribution in [0.15, 0.2) is 16.0 Å². The Kier molecular flexibility index (Phi) is 6.04. The normalized spacial score (nSPS) is 24.4. The van der Waals surface area contributed by atoms with Crippen molar-refractivity contribution in [1.29, 1.82) is 0 Å². The fourth-order valence-corrected chi connectivity index (χ4v) is 4.85. The van der Waals surface area contributed by atoms with E-state index in [0.29, 0.717) is 11.1 Å². The Morgan fingerprint density at radius 3 is 2.68 bits per heavy atom. The SMILES string of the molecule is C[C@@H]1CCCC[C@@H]1NC(=O)CSc1nc(O)cc(=O)n1C1CCCC1. The van der Waals surface area contributed by atoms with Crippen molar-refractivity contribution < 1.29 is 9.90 Å². The molecule has 0 radical (unpaired) electrons. The van der Waals surface area contributed by atoms with Crippen LogP contribution in [0.4, 0.5) is 0 Å². The van der Waals surface area contributed by atoms with Crippen LogP contribution in [0.3, 0.4) is 0 Å².